The molecule has 0 aliphatic carbocycles. The number of aromatic nitrogens is 4. The van der Waals surface area contributed by atoms with Crippen molar-refractivity contribution < 1.29 is 0 Å². The van der Waals surface area contributed by atoms with Gasteiger partial charge >= 0.3 is 0 Å². The third-order valence-corrected chi connectivity index (χ3v) is 3.02. The lowest BCUT2D eigenvalue weighted by molar-refractivity contribution is 1.10. The number of benzene rings is 1. The lowest BCUT2D eigenvalue weighted by Gasteiger charge is -2.09. The molecule has 2 aromatic heterocycles. The summed E-state index contributed by atoms with van der Waals surface area (Å²) in [6.07, 6.45) is 4.84. The molecule has 0 saturated heterocycles. The fourth-order valence-corrected chi connectivity index (χ4v) is 1.94. The second-order valence-electron chi connectivity index (χ2n) is 4.36. The van der Waals surface area contributed by atoms with Crippen molar-refractivity contribution in [3.63, 3.8) is 0 Å². The summed E-state index contributed by atoms with van der Waals surface area (Å²) < 4.78 is 0. The molecule has 0 amide bonds. The number of rotatable bonds is 2. The highest BCUT2D eigenvalue weighted by molar-refractivity contribution is 5.70. The zero-order chi connectivity index (χ0) is 13.9. The summed E-state index contributed by atoms with van der Waals surface area (Å²) in [5, 5.41) is 0. The molecule has 0 aliphatic heterocycles. The molecule has 2 heterocycles. The normalized spacial score (nSPS) is 10.4. The van der Waals surface area contributed by atoms with Gasteiger partial charge in [0.25, 0.3) is 0 Å². The van der Waals surface area contributed by atoms with Crippen molar-refractivity contribution in [3.05, 3.63) is 54.5 Å². The van der Waals surface area contributed by atoms with E-state index in [1.165, 1.54) is 0 Å². The van der Waals surface area contributed by atoms with E-state index in [1.54, 1.807) is 18.6 Å². The molecule has 2 N–H and O–H groups in total. The molecule has 5 nitrogen and oxygen atoms in total. The van der Waals surface area contributed by atoms with Gasteiger partial charge in [-0.3, -0.25) is 4.98 Å². The molecule has 0 spiro atoms. The van der Waals surface area contributed by atoms with Crippen LogP contribution in [0.25, 0.3) is 22.8 Å². The van der Waals surface area contributed by atoms with Crippen molar-refractivity contribution in [2.24, 2.45) is 0 Å². The van der Waals surface area contributed by atoms with Gasteiger partial charge in [-0.15, -0.1) is 0 Å². The van der Waals surface area contributed by atoms with Crippen LogP contribution in [0.3, 0.4) is 0 Å². The van der Waals surface area contributed by atoms with Crippen molar-refractivity contribution in [3.8, 4) is 22.8 Å². The molecular weight excluding hydrogens is 250 g/mol. The second-order valence-corrected chi connectivity index (χ2v) is 4.36. The second kappa shape index (κ2) is 5.05. The Morgan fingerprint density at radius 3 is 2.50 bits per heavy atom. The SMILES string of the molecule is Cc1c(N)nc(-c2cnccn2)nc1-c1ccccc1. The Balaban J connectivity index is 2.19. The topological polar surface area (TPSA) is 77.6 Å². The molecule has 0 radical (unpaired) electrons. The predicted octanol–water partition coefficient (Wildman–Crippen LogP) is 2.49. The Labute approximate surface area is 116 Å². The Hall–Kier alpha value is -2.82. The van der Waals surface area contributed by atoms with Gasteiger partial charge in [0.1, 0.15) is 11.5 Å². The van der Waals surface area contributed by atoms with Crippen LogP contribution in [0.1, 0.15) is 5.56 Å². The molecule has 3 aromatic rings. The van der Waals surface area contributed by atoms with Gasteiger partial charge in [0.05, 0.1) is 11.9 Å². The maximum absolute atomic E-state index is 6.00. The van der Waals surface area contributed by atoms with Crippen molar-refractivity contribution in [1.82, 2.24) is 19.9 Å². The monoisotopic (exact) mass is 263 g/mol. The van der Waals surface area contributed by atoms with Crippen LogP contribution in [0.4, 0.5) is 5.82 Å². The van der Waals surface area contributed by atoms with Crippen LogP contribution in [0.5, 0.6) is 0 Å². The van der Waals surface area contributed by atoms with E-state index in [9.17, 15) is 0 Å². The molecule has 98 valence electrons. The molecule has 1 aromatic carbocycles. The average molecular weight is 263 g/mol. The standard InChI is InChI=1S/C15H13N5/c1-10-13(11-5-3-2-4-6-11)19-15(20-14(10)16)12-9-17-7-8-18-12/h2-9H,1H3,(H2,16,19,20). The van der Waals surface area contributed by atoms with Crippen LogP contribution in [0.2, 0.25) is 0 Å². The minimum Gasteiger partial charge on any atom is -0.383 e. The van der Waals surface area contributed by atoms with Crippen molar-refractivity contribution in [2.75, 3.05) is 5.73 Å². The van der Waals surface area contributed by atoms with E-state index in [0.29, 0.717) is 17.3 Å². The van der Waals surface area contributed by atoms with Gasteiger partial charge < -0.3 is 5.73 Å². The van der Waals surface area contributed by atoms with Gasteiger partial charge in [-0.1, -0.05) is 30.3 Å². The van der Waals surface area contributed by atoms with Crippen LogP contribution < -0.4 is 5.73 Å². The van der Waals surface area contributed by atoms with Gasteiger partial charge in [0, 0.05) is 23.5 Å². The maximum atomic E-state index is 6.00. The molecule has 0 aliphatic rings. The third kappa shape index (κ3) is 2.21. The number of hydrogen-bond donors (Lipinski definition) is 1. The van der Waals surface area contributed by atoms with Crippen molar-refractivity contribution in [2.45, 2.75) is 6.92 Å². The first-order valence-electron chi connectivity index (χ1n) is 6.21. The van der Waals surface area contributed by atoms with E-state index in [2.05, 4.69) is 19.9 Å². The van der Waals surface area contributed by atoms with Crippen LogP contribution >= 0.6 is 0 Å². The van der Waals surface area contributed by atoms with E-state index < -0.39 is 0 Å². The minimum atomic E-state index is 0.458. The fraction of sp³-hybridized carbons (Fsp3) is 0.0667. The molecule has 5 heteroatoms. The third-order valence-electron chi connectivity index (χ3n) is 3.02. The van der Waals surface area contributed by atoms with Crippen LogP contribution in [0, 0.1) is 6.92 Å². The fourth-order valence-electron chi connectivity index (χ4n) is 1.94. The van der Waals surface area contributed by atoms with E-state index in [4.69, 9.17) is 5.73 Å². The highest BCUT2D eigenvalue weighted by Gasteiger charge is 2.12. The van der Waals surface area contributed by atoms with Gasteiger partial charge in [-0.2, -0.15) is 0 Å². The van der Waals surface area contributed by atoms with Crippen molar-refractivity contribution >= 4 is 5.82 Å². The first kappa shape index (κ1) is 12.2. The van der Waals surface area contributed by atoms with Crippen LogP contribution in [-0.4, -0.2) is 19.9 Å². The zero-order valence-electron chi connectivity index (χ0n) is 11.0. The predicted molar refractivity (Wildman–Crippen MR) is 77.6 cm³/mol. The molecule has 3 rings (SSSR count). The quantitative estimate of drug-likeness (QED) is 0.768. The van der Waals surface area contributed by atoms with E-state index >= 15 is 0 Å². The van der Waals surface area contributed by atoms with Gasteiger partial charge in [-0.25, -0.2) is 15.0 Å². The maximum Gasteiger partial charge on any atom is 0.182 e. The molecule has 0 saturated carbocycles. The summed E-state index contributed by atoms with van der Waals surface area (Å²) in [6, 6.07) is 9.89. The first-order valence-corrected chi connectivity index (χ1v) is 6.21. The highest BCUT2D eigenvalue weighted by Crippen LogP contribution is 2.26. The number of hydrogen-bond acceptors (Lipinski definition) is 5. The van der Waals surface area contributed by atoms with Gasteiger partial charge in [0.15, 0.2) is 5.82 Å². The van der Waals surface area contributed by atoms with Crippen LogP contribution in [0.15, 0.2) is 48.9 Å². The Kier molecular flexibility index (Phi) is 3.09. The van der Waals surface area contributed by atoms with E-state index in [0.717, 1.165) is 16.8 Å². The molecule has 0 atom stereocenters. The molecule has 0 bridgehead atoms. The smallest absolute Gasteiger partial charge is 0.182 e. The number of nitrogens with two attached hydrogens (primary N) is 1. The lowest BCUT2D eigenvalue weighted by atomic mass is 10.1. The number of anilines is 1. The molecule has 0 fully saturated rings. The summed E-state index contributed by atoms with van der Waals surface area (Å²) in [7, 11) is 0. The molecule has 20 heavy (non-hydrogen) atoms. The Bertz CT molecular complexity index is 726. The number of nitrogens with zero attached hydrogens (tertiary/aromatic N) is 4. The zero-order valence-corrected chi connectivity index (χ0v) is 11.0. The minimum absolute atomic E-state index is 0.458. The molecular formula is C15H13N5. The largest absolute Gasteiger partial charge is 0.383 e. The summed E-state index contributed by atoms with van der Waals surface area (Å²) in [5.74, 6) is 0.944. The summed E-state index contributed by atoms with van der Waals surface area (Å²) in [4.78, 5) is 17.1. The van der Waals surface area contributed by atoms with Gasteiger partial charge in [-0.05, 0) is 6.92 Å². The van der Waals surface area contributed by atoms with Crippen molar-refractivity contribution in [1.29, 1.82) is 0 Å². The lowest BCUT2D eigenvalue weighted by Crippen LogP contribution is -2.03. The Morgan fingerprint density at radius 1 is 1.00 bits per heavy atom. The highest BCUT2D eigenvalue weighted by atomic mass is 15.0. The van der Waals surface area contributed by atoms with Gasteiger partial charge in [0.2, 0.25) is 0 Å². The Morgan fingerprint density at radius 2 is 1.80 bits per heavy atom. The molecule has 0 unspecified atom stereocenters. The summed E-state index contributed by atoms with van der Waals surface area (Å²) >= 11 is 0. The van der Waals surface area contributed by atoms with E-state index in [-0.39, 0.29) is 0 Å². The average Bonchev–Trinajstić information content (AvgIpc) is 2.51. The van der Waals surface area contributed by atoms with Crippen LogP contribution in [-0.2, 0) is 0 Å². The summed E-state index contributed by atoms with van der Waals surface area (Å²) in [6.45, 7) is 1.91. The van der Waals surface area contributed by atoms with E-state index in [1.807, 2.05) is 37.3 Å². The first-order chi connectivity index (χ1) is 9.75. The summed E-state index contributed by atoms with van der Waals surface area (Å²) in [5.41, 5.74) is 9.29. The number of nitrogen functional groups attached to an aromatic ring is 1.